The number of aromatic nitrogens is 3. The Kier molecular flexibility index (Phi) is 11.1. The molecule has 10 aromatic rings. The van der Waals surface area contributed by atoms with Crippen LogP contribution < -0.4 is 0 Å². The first-order valence-corrected chi connectivity index (χ1v) is 21.7. The van der Waals surface area contributed by atoms with E-state index in [-0.39, 0.29) is 30.9 Å². The number of furan rings is 1. The Balaban J connectivity index is 0.000000182. The van der Waals surface area contributed by atoms with Gasteiger partial charge in [-0.25, -0.2) is 0 Å². The largest absolute Gasteiger partial charge is 3.00 e. The van der Waals surface area contributed by atoms with Gasteiger partial charge < -0.3 is 9.40 Å². The van der Waals surface area contributed by atoms with Gasteiger partial charge in [0.1, 0.15) is 5.58 Å². The molecule has 0 fully saturated rings. The molecule has 1 atom stereocenters. The number of para-hydroxylation sites is 1. The number of benzene rings is 6. The van der Waals surface area contributed by atoms with Crippen molar-refractivity contribution in [3.8, 4) is 33.6 Å². The summed E-state index contributed by atoms with van der Waals surface area (Å²) in [5.41, 5.74) is 15.1. The van der Waals surface area contributed by atoms with Crippen LogP contribution in [0.1, 0.15) is 80.7 Å². The summed E-state index contributed by atoms with van der Waals surface area (Å²) in [6, 6.07) is 62.8. The van der Waals surface area contributed by atoms with Crippen molar-refractivity contribution in [1.29, 1.82) is 0 Å². The molecular formula is C59H48IrN3O. The van der Waals surface area contributed by atoms with Crippen molar-refractivity contribution in [2.75, 3.05) is 0 Å². The first-order valence-electron chi connectivity index (χ1n) is 21.7. The fraction of sp³-hybridized carbons (Fsp3) is 0.169. The summed E-state index contributed by atoms with van der Waals surface area (Å²) in [5, 5.41) is 4.50. The molecule has 0 bridgehead atoms. The maximum absolute atomic E-state index is 6.12. The van der Waals surface area contributed by atoms with Crippen LogP contribution in [0, 0.1) is 25.1 Å². The van der Waals surface area contributed by atoms with Crippen LogP contribution in [0.3, 0.4) is 0 Å². The zero-order chi connectivity index (χ0) is 43.5. The van der Waals surface area contributed by atoms with Gasteiger partial charge in [-0.1, -0.05) is 136 Å². The summed E-state index contributed by atoms with van der Waals surface area (Å²) >= 11 is 0. The first-order chi connectivity index (χ1) is 30.4. The minimum Gasteiger partial charge on any atom is -0.501 e. The van der Waals surface area contributed by atoms with E-state index in [1.165, 1.54) is 38.8 Å². The SMILES string of the molecule is Cc1cc([C@]2(c3cc(C(C)(C)C)ccn3)c3[c-]cccc3-c3ccccc32)nc(-c2[c-]cccc2)c1C(C)(C)C.[Ir+3].[c-]1ccc2c(oc3ccccc32)c1-c1nccc2ccccc12. The van der Waals surface area contributed by atoms with E-state index in [2.05, 4.69) is 163 Å². The van der Waals surface area contributed by atoms with E-state index in [4.69, 9.17) is 14.4 Å². The van der Waals surface area contributed by atoms with Crippen LogP contribution in [0.15, 0.2) is 168 Å². The number of aryl methyl sites for hydroxylation is 1. The van der Waals surface area contributed by atoms with Gasteiger partial charge in [-0.3, -0.25) is 9.97 Å². The minimum atomic E-state index is -0.709. The predicted molar refractivity (Wildman–Crippen MR) is 258 cm³/mol. The Hall–Kier alpha value is -6.52. The predicted octanol–water partition coefficient (Wildman–Crippen LogP) is 14.6. The topological polar surface area (TPSA) is 51.8 Å². The quantitative estimate of drug-likeness (QED) is 0.165. The molecule has 0 saturated heterocycles. The van der Waals surface area contributed by atoms with E-state index < -0.39 is 5.41 Å². The summed E-state index contributed by atoms with van der Waals surface area (Å²) in [5.74, 6) is 0. The zero-order valence-electron chi connectivity index (χ0n) is 37.2. The molecule has 0 N–H and O–H groups in total. The second-order valence-electron chi connectivity index (χ2n) is 18.6. The fourth-order valence-electron chi connectivity index (χ4n) is 9.65. The van der Waals surface area contributed by atoms with E-state index in [0.29, 0.717) is 0 Å². The van der Waals surface area contributed by atoms with Crippen LogP contribution in [-0.4, -0.2) is 15.0 Å². The van der Waals surface area contributed by atoms with Gasteiger partial charge in [0.15, 0.2) is 0 Å². The van der Waals surface area contributed by atoms with Crippen molar-refractivity contribution in [2.45, 2.75) is 64.7 Å². The summed E-state index contributed by atoms with van der Waals surface area (Å²) in [6.07, 6.45) is 3.80. The molecule has 0 radical (unpaired) electrons. The zero-order valence-corrected chi connectivity index (χ0v) is 39.6. The van der Waals surface area contributed by atoms with Crippen LogP contribution in [0.5, 0.6) is 0 Å². The average Bonchev–Trinajstić information content (AvgIpc) is 3.83. The molecule has 4 heterocycles. The molecule has 6 aromatic carbocycles. The summed E-state index contributed by atoms with van der Waals surface area (Å²) in [7, 11) is 0. The van der Waals surface area contributed by atoms with Crippen molar-refractivity contribution in [3.63, 3.8) is 0 Å². The number of pyridine rings is 3. The molecule has 0 amide bonds. The molecular weight excluding hydrogens is 959 g/mol. The molecule has 4 aromatic heterocycles. The van der Waals surface area contributed by atoms with Crippen molar-refractivity contribution in [1.82, 2.24) is 15.0 Å². The molecule has 64 heavy (non-hydrogen) atoms. The molecule has 5 heteroatoms. The molecule has 11 rings (SSSR count). The van der Waals surface area contributed by atoms with Gasteiger partial charge in [-0.15, -0.1) is 65.2 Å². The number of nitrogens with zero attached hydrogens (tertiary/aromatic N) is 3. The van der Waals surface area contributed by atoms with E-state index in [9.17, 15) is 0 Å². The molecule has 0 saturated carbocycles. The monoisotopic (exact) mass is 1010 g/mol. The van der Waals surface area contributed by atoms with Crippen molar-refractivity contribution >= 4 is 32.7 Å². The van der Waals surface area contributed by atoms with Crippen LogP contribution in [0.4, 0.5) is 0 Å². The van der Waals surface area contributed by atoms with Crippen molar-refractivity contribution in [3.05, 3.63) is 221 Å². The third-order valence-electron chi connectivity index (χ3n) is 12.4. The molecule has 0 unspecified atom stereocenters. The number of fused-ring (bicyclic) bond motifs is 7. The molecule has 0 spiro atoms. The smallest absolute Gasteiger partial charge is 0.501 e. The van der Waals surface area contributed by atoms with Crippen LogP contribution in [-0.2, 0) is 36.4 Å². The van der Waals surface area contributed by atoms with Gasteiger partial charge in [0.05, 0.1) is 16.7 Å². The second-order valence-corrected chi connectivity index (χ2v) is 18.6. The van der Waals surface area contributed by atoms with Gasteiger partial charge in [0.2, 0.25) is 0 Å². The number of hydrogen-bond acceptors (Lipinski definition) is 4. The van der Waals surface area contributed by atoms with E-state index >= 15 is 0 Å². The van der Waals surface area contributed by atoms with E-state index in [1.54, 1.807) is 0 Å². The Morgan fingerprint density at radius 2 is 1.28 bits per heavy atom. The minimum absolute atomic E-state index is 0. The molecule has 314 valence electrons. The number of hydrogen-bond donors (Lipinski definition) is 0. The Morgan fingerprint density at radius 3 is 2.08 bits per heavy atom. The number of rotatable bonds is 4. The summed E-state index contributed by atoms with van der Waals surface area (Å²) in [6.45, 7) is 15.8. The second kappa shape index (κ2) is 16.6. The standard InChI is InChI=1S/C38H36N2.C21H12NO.Ir/c1-25-23-33(40-35(34(25)37(5,6)7)26-15-9-8-10-16-26)38(32-24-27(21-22-39-32)36(2,3)4)30-19-13-11-17-28(30)29-18-12-14-20-31(29)38;1-2-7-15-14(6-1)12-13-22-20(15)18-10-5-9-17-16-8-3-4-11-19(16)23-21(17)18;/h8-15,17-19,21-24H,1-7H3;1-9,11-13H;/q-2;-1;+3/t38-;;/m0../s1. The third-order valence-corrected chi connectivity index (χ3v) is 12.4. The first kappa shape index (κ1) is 42.8. The Bertz CT molecular complexity index is 3280. The molecule has 1 aliphatic carbocycles. The summed E-state index contributed by atoms with van der Waals surface area (Å²) in [4.78, 5) is 15.3. The van der Waals surface area contributed by atoms with Gasteiger partial charge in [-0.05, 0) is 81.4 Å². The van der Waals surface area contributed by atoms with Crippen LogP contribution in [0.25, 0.3) is 66.4 Å². The van der Waals surface area contributed by atoms with Crippen LogP contribution in [0.2, 0.25) is 0 Å². The van der Waals surface area contributed by atoms with E-state index in [0.717, 1.165) is 66.8 Å². The van der Waals surface area contributed by atoms with Crippen LogP contribution >= 0.6 is 0 Å². The average molecular weight is 1010 g/mol. The summed E-state index contributed by atoms with van der Waals surface area (Å²) < 4.78 is 6.12. The van der Waals surface area contributed by atoms with Crippen molar-refractivity contribution in [2.24, 2.45) is 0 Å². The van der Waals surface area contributed by atoms with Gasteiger partial charge >= 0.3 is 20.1 Å². The maximum Gasteiger partial charge on any atom is 3.00 e. The van der Waals surface area contributed by atoms with Crippen molar-refractivity contribution < 1.29 is 24.5 Å². The Labute approximate surface area is 389 Å². The van der Waals surface area contributed by atoms with Gasteiger partial charge in [-0.2, -0.15) is 24.3 Å². The van der Waals surface area contributed by atoms with Gasteiger partial charge in [0, 0.05) is 23.5 Å². The molecule has 4 nitrogen and oxygen atoms in total. The molecule has 0 aliphatic heterocycles. The maximum atomic E-state index is 6.12. The fourth-order valence-corrected chi connectivity index (χ4v) is 9.65. The van der Waals surface area contributed by atoms with Gasteiger partial charge in [0.25, 0.3) is 0 Å². The van der Waals surface area contributed by atoms with E-state index in [1.807, 2.05) is 73.1 Å². The Morgan fingerprint density at radius 1 is 0.562 bits per heavy atom. The normalized spacial score (nSPS) is 14.4. The molecule has 1 aliphatic rings. The third kappa shape index (κ3) is 7.18.